The molecule has 0 N–H and O–H groups in total. The van der Waals surface area contributed by atoms with Gasteiger partial charge >= 0.3 is 0 Å². The van der Waals surface area contributed by atoms with Crippen LogP contribution < -0.4 is 0 Å². The van der Waals surface area contributed by atoms with E-state index in [4.69, 9.17) is 9.97 Å². The molecule has 0 saturated heterocycles. The Bertz CT molecular complexity index is 2110. The molecule has 0 amide bonds. The molecule has 2 nitrogen and oxygen atoms in total. The Morgan fingerprint density at radius 2 is 0.500 bits per heavy atom. The molecule has 0 atom stereocenters. The second-order valence-corrected chi connectivity index (χ2v) is 11.5. The van der Waals surface area contributed by atoms with E-state index in [9.17, 15) is 0 Å². The first-order valence-electron chi connectivity index (χ1n) is 15.6. The van der Waals surface area contributed by atoms with Gasteiger partial charge in [0.1, 0.15) is 0 Å². The van der Waals surface area contributed by atoms with Crippen molar-refractivity contribution < 1.29 is 0 Å². The second kappa shape index (κ2) is 12.1. The maximum Gasteiger partial charge on any atom is 0.0973 e. The molecular weight excluding hydrogens is 556 g/mol. The summed E-state index contributed by atoms with van der Waals surface area (Å²) in [6.45, 7) is 0. The molecule has 0 aliphatic heterocycles. The van der Waals surface area contributed by atoms with Crippen LogP contribution in [-0.2, 0) is 0 Å². The molecule has 0 bridgehead atoms. The highest BCUT2D eigenvalue weighted by Gasteiger charge is 2.14. The standard InChI is InChI=1S/C44H30N2/c1-3-11-31(12-4-1)37-15-9-17-39(29-37)33-21-25-35(26-22-33)43-44(46-42-20-8-7-19-41(42)45-43)36-27-23-34(24-28-36)40-18-10-16-38(30-40)32-13-5-2-6-14-32/h1-30H. The summed E-state index contributed by atoms with van der Waals surface area (Å²) in [5, 5.41) is 0. The first-order chi connectivity index (χ1) is 22.8. The van der Waals surface area contributed by atoms with Crippen molar-refractivity contribution in [2.75, 3.05) is 0 Å². The third-order valence-corrected chi connectivity index (χ3v) is 8.49. The predicted octanol–water partition coefficient (Wildman–Crippen LogP) is 11.6. The van der Waals surface area contributed by atoms with Crippen LogP contribution in [-0.4, -0.2) is 9.97 Å². The summed E-state index contributed by atoms with van der Waals surface area (Å²) < 4.78 is 0. The third kappa shape index (κ3) is 5.49. The molecule has 46 heavy (non-hydrogen) atoms. The Morgan fingerprint density at radius 3 is 0.870 bits per heavy atom. The van der Waals surface area contributed by atoms with Gasteiger partial charge in [0.25, 0.3) is 0 Å². The molecular formula is C44H30N2. The molecule has 8 aromatic rings. The highest BCUT2D eigenvalue weighted by molar-refractivity contribution is 5.87. The van der Waals surface area contributed by atoms with Crippen LogP contribution in [0.5, 0.6) is 0 Å². The van der Waals surface area contributed by atoms with Crippen molar-refractivity contribution in [2.45, 2.75) is 0 Å². The van der Waals surface area contributed by atoms with Crippen LogP contribution in [0.2, 0.25) is 0 Å². The molecule has 7 aromatic carbocycles. The fourth-order valence-corrected chi connectivity index (χ4v) is 6.06. The average Bonchev–Trinajstić information content (AvgIpc) is 3.15. The Morgan fingerprint density at radius 1 is 0.217 bits per heavy atom. The smallest absolute Gasteiger partial charge is 0.0973 e. The van der Waals surface area contributed by atoms with Gasteiger partial charge in [-0.15, -0.1) is 0 Å². The minimum atomic E-state index is 0.877. The van der Waals surface area contributed by atoms with Crippen molar-refractivity contribution in [3.63, 3.8) is 0 Å². The number of benzene rings is 7. The van der Waals surface area contributed by atoms with E-state index in [0.717, 1.165) is 33.5 Å². The lowest BCUT2D eigenvalue weighted by Crippen LogP contribution is -1.95. The van der Waals surface area contributed by atoms with Crippen LogP contribution in [0.25, 0.3) is 78.1 Å². The van der Waals surface area contributed by atoms with E-state index in [1.807, 2.05) is 24.3 Å². The number of aromatic nitrogens is 2. The van der Waals surface area contributed by atoms with Gasteiger partial charge in [0.05, 0.1) is 22.4 Å². The van der Waals surface area contributed by atoms with Crippen molar-refractivity contribution in [1.29, 1.82) is 0 Å². The lowest BCUT2D eigenvalue weighted by molar-refractivity contribution is 1.29. The van der Waals surface area contributed by atoms with Gasteiger partial charge in [-0.05, 0) is 68.8 Å². The van der Waals surface area contributed by atoms with Crippen molar-refractivity contribution in [3.8, 4) is 67.0 Å². The molecule has 0 unspecified atom stereocenters. The molecule has 2 heteroatoms. The summed E-state index contributed by atoms with van der Waals surface area (Å²) in [6, 6.07) is 63.9. The quantitative estimate of drug-likeness (QED) is 0.194. The van der Waals surface area contributed by atoms with E-state index in [1.165, 1.54) is 44.5 Å². The van der Waals surface area contributed by atoms with E-state index in [-0.39, 0.29) is 0 Å². The lowest BCUT2D eigenvalue weighted by Gasteiger charge is -2.12. The van der Waals surface area contributed by atoms with Crippen molar-refractivity contribution in [1.82, 2.24) is 9.97 Å². The van der Waals surface area contributed by atoms with Crippen LogP contribution >= 0.6 is 0 Å². The molecule has 0 fully saturated rings. The molecule has 0 aliphatic rings. The lowest BCUT2D eigenvalue weighted by atomic mass is 9.96. The maximum absolute atomic E-state index is 5.14. The molecule has 1 heterocycles. The molecule has 0 spiro atoms. The fraction of sp³-hybridized carbons (Fsp3) is 0. The molecule has 0 saturated carbocycles. The molecule has 0 radical (unpaired) electrons. The Labute approximate surface area is 269 Å². The summed E-state index contributed by atoms with van der Waals surface area (Å²) in [5.41, 5.74) is 15.1. The van der Waals surface area contributed by atoms with Crippen LogP contribution in [0.15, 0.2) is 182 Å². The zero-order valence-corrected chi connectivity index (χ0v) is 25.2. The fourth-order valence-electron chi connectivity index (χ4n) is 6.06. The van der Waals surface area contributed by atoms with Gasteiger partial charge in [-0.2, -0.15) is 0 Å². The zero-order valence-electron chi connectivity index (χ0n) is 25.2. The van der Waals surface area contributed by atoms with Crippen LogP contribution in [0.3, 0.4) is 0 Å². The van der Waals surface area contributed by atoms with Gasteiger partial charge in [-0.25, -0.2) is 9.97 Å². The molecule has 216 valence electrons. The molecule has 1 aromatic heterocycles. The van der Waals surface area contributed by atoms with E-state index in [0.29, 0.717) is 0 Å². The van der Waals surface area contributed by atoms with Gasteiger partial charge < -0.3 is 0 Å². The summed E-state index contributed by atoms with van der Waals surface area (Å²) in [4.78, 5) is 10.3. The number of para-hydroxylation sites is 2. The minimum Gasteiger partial charge on any atom is -0.244 e. The summed E-state index contributed by atoms with van der Waals surface area (Å²) in [7, 11) is 0. The Hall–Kier alpha value is -6.12. The normalized spacial score (nSPS) is 11.0. The average molecular weight is 587 g/mol. The van der Waals surface area contributed by atoms with Gasteiger partial charge in [0, 0.05) is 11.1 Å². The monoisotopic (exact) mass is 586 g/mol. The number of hydrogen-bond acceptors (Lipinski definition) is 2. The molecule has 8 rings (SSSR count). The first kappa shape index (κ1) is 27.4. The highest BCUT2D eigenvalue weighted by atomic mass is 14.8. The third-order valence-electron chi connectivity index (χ3n) is 8.49. The summed E-state index contributed by atoms with van der Waals surface area (Å²) in [6.07, 6.45) is 0. The number of fused-ring (bicyclic) bond motifs is 1. The zero-order chi connectivity index (χ0) is 30.7. The topological polar surface area (TPSA) is 25.8 Å². The van der Waals surface area contributed by atoms with E-state index in [1.54, 1.807) is 0 Å². The summed E-state index contributed by atoms with van der Waals surface area (Å²) >= 11 is 0. The second-order valence-electron chi connectivity index (χ2n) is 11.5. The van der Waals surface area contributed by atoms with Crippen LogP contribution in [0.4, 0.5) is 0 Å². The largest absolute Gasteiger partial charge is 0.244 e. The van der Waals surface area contributed by atoms with Crippen molar-refractivity contribution in [3.05, 3.63) is 182 Å². The van der Waals surface area contributed by atoms with Crippen molar-refractivity contribution in [2.24, 2.45) is 0 Å². The maximum atomic E-state index is 5.14. The van der Waals surface area contributed by atoms with Crippen LogP contribution in [0.1, 0.15) is 0 Å². The van der Waals surface area contributed by atoms with Gasteiger partial charge in [0.2, 0.25) is 0 Å². The van der Waals surface area contributed by atoms with E-state index in [2.05, 4.69) is 158 Å². The predicted molar refractivity (Wildman–Crippen MR) is 192 cm³/mol. The van der Waals surface area contributed by atoms with Gasteiger partial charge in [0.15, 0.2) is 0 Å². The Balaban J connectivity index is 1.15. The first-order valence-corrected chi connectivity index (χ1v) is 15.6. The molecule has 0 aliphatic carbocycles. The van der Waals surface area contributed by atoms with Crippen molar-refractivity contribution >= 4 is 11.0 Å². The van der Waals surface area contributed by atoms with Gasteiger partial charge in [-0.3, -0.25) is 0 Å². The number of hydrogen-bond donors (Lipinski definition) is 0. The number of rotatable bonds is 6. The highest BCUT2D eigenvalue weighted by Crippen LogP contribution is 2.35. The summed E-state index contributed by atoms with van der Waals surface area (Å²) in [5.74, 6) is 0. The minimum absolute atomic E-state index is 0.877. The SMILES string of the molecule is c1ccc(-c2cccc(-c3ccc(-c4nc5ccccc5nc4-c4ccc(-c5cccc(-c6ccccc6)c5)cc4)cc3)c2)cc1. The Kier molecular flexibility index (Phi) is 7.22. The van der Waals surface area contributed by atoms with E-state index < -0.39 is 0 Å². The number of nitrogens with zero attached hydrogens (tertiary/aromatic N) is 2. The van der Waals surface area contributed by atoms with E-state index >= 15 is 0 Å². The van der Waals surface area contributed by atoms with Gasteiger partial charge in [-0.1, -0.05) is 158 Å². The van der Waals surface area contributed by atoms with Crippen LogP contribution in [0, 0.1) is 0 Å².